The predicted octanol–water partition coefficient (Wildman–Crippen LogP) is 4.26. The SMILES string of the molecule is COC1(C)CC(C)(c2ccccc2)c2ccccc21. The summed E-state index contributed by atoms with van der Waals surface area (Å²) in [7, 11) is 1.81. The lowest BCUT2D eigenvalue weighted by atomic mass is 9.77. The lowest BCUT2D eigenvalue weighted by Gasteiger charge is -2.29. The van der Waals surface area contributed by atoms with Gasteiger partial charge in [-0.1, -0.05) is 61.5 Å². The molecule has 0 radical (unpaired) electrons. The van der Waals surface area contributed by atoms with Gasteiger partial charge in [-0.2, -0.15) is 0 Å². The number of methoxy groups -OCH3 is 1. The van der Waals surface area contributed by atoms with E-state index in [1.54, 1.807) is 0 Å². The molecule has 0 aromatic heterocycles. The quantitative estimate of drug-likeness (QED) is 0.776. The number of rotatable bonds is 2. The topological polar surface area (TPSA) is 9.23 Å². The average molecular weight is 252 g/mol. The van der Waals surface area contributed by atoms with Crippen molar-refractivity contribution >= 4 is 0 Å². The van der Waals surface area contributed by atoms with Crippen LogP contribution in [-0.2, 0) is 15.8 Å². The van der Waals surface area contributed by atoms with Crippen molar-refractivity contribution in [1.29, 1.82) is 0 Å². The summed E-state index contributed by atoms with van der Waals surface area (Å²) < 4.78 is 5.84. The van der Waals surface area contributed by atoms with Gasteiger partial charge in [-0.05, 0) is 30.0 Å². The molecule has 1 aliphatic rings. The molecule has 1 heteroatoms. The molecule has 0 saturated carbocycles. The van der Waals surface area contributed by atoms with Gasteiger partial charge < -0.3 is 4.74 Å². The molecule has 1 nitrogen and oxygen atoms in total. The Morgan fingerprint density at radius 1 is 0.842 bits per heavy atom. The third-order valence-corrected chi connectivity index (χ3v) is 4.64. The first kappa shape index (κ1) is 12.4. The van der Waals surface area contributed by atoms with E-state index in [0.717, 1.165) is 6.42 Å². The number of ether oxygens (including phenoxy) is 1. The maximum Gasteiger partial charge on any atom is 0.0914 e. The third-order valence-electron chi connectivity index (χ3n) is 4.64. The van der Waals surface area contributed by atoms with E-state index in [0.29, 0.717) is 0 Å². The monoisotopic (exact) mass is 252 g/mol. The third kappa shape index (κ3) is 1.73. The van der Waals surface area contributed by atoms with Crippen molar-refractivity contribution in [2.75, 3.05) is 7.11 Å². The fourth-order valence-electron chi connectivity index (χ4n) is 3.54. The summed E-state index contributed by atoms with van der Waals surface area (Å²) in [6.45, 7) is 4.52. The smallest absolute Gasteiger partial charge is 0.0914 e. The molecule has 3 rings (SSSR count). The molecule has 1 aliphatic carbocycles. The Kier molecular flexibility index (Phi) is 2.75. The lowest BCUT2D eigenvalue weighted by molar-refractivity contribution is -0.00477. The molecule has 2 aromatic rings. The highest BCUT2D eigenvalue weighted by molar-refractivity contribution is 5.50. The standard InChI is InChI=1S/C18H20O/c1-17(14-9-5-4-6-10-14)13-18(2,19-3)16-12-8-7-11-15(16)17/h4-12H,13H2,1-3H3. The summed E-state index contributed by atoms with van der Waals surface area (Å²) in [4.78, 5) is 0. The van der Waals surface area contributed by atoms with Crippen LogP contribution < -0.4 is 0 Å². The summed E-state index contributed by atoms with van der Waals surface area (Å²) in [5, 5.41) is 0. The minimum absolute atomic E-state index is 0.0304. The van der Waals surface area contributed by atoms with Crippen LogP contribution in [0.25, 0.3) is 0 Å². The van der Waals surface area contributed by atoms with E-state index >= 15 is 0 Å². The first-order chi connectivity index (χ1) is 9.10. The van der Waals surface area contributed by atoms with Crippen molar-refractivity contribution < 1.29 is 4.74 Å². The lowest BCUT2D eigenvalue weighted by Crippen LogP contribution is -2.26. The molecule has 2 atom stereocenters. The Bertz CT molecular complexity index is 590. The summed E-state index contributed by atoms with van der Waals surface area (Å²) in [6, 6.07) is 19.4. The number of hydrogen-bond acceptors (Lipinski definition) is 1. The molecule has 0 fully saturated rings. The van der Waals surface area contributed by atoms with E-state index in [9.17, 15) is 0 Å². The molecule has 98 valence electrons. The Morgan fingerprint density at radius 3 is 2.05 bits per heavy atom. The second-order valence-corrected chi connectivity index (χ2v) is 5.86. The van der Waals surface area contributed by atoms with Crippen molar-refractivity contribution in [1.82, 2.24) is 0 Å². The van der Waals surface area contributed by atoms with Gasteiger partial charge in [0.1, 0.15) is 0 Å². The molecule has 2 aromatic carbocycles. The molecule has 0 spiro atoms. The second kappa shape index (κ2) is 4.21. The van der Waals surface area contributed by atoms with Gasteiger partial charge >= 0.3 is 0 Å². The Hall–Kier alpha value is -1.60. The van der Waals surface area contributed by atoms with E-state index in [-0.39, 0.29) is 11.0 Å². The molecule has 0 bridgehead atoms. The summed E-state index contributed by atoms with van der Waals surface area (Å²) in [5.41, 5.74) is 3.92. The van der Waals surface area contributed by atoms with Crippen LogP contribution in [0.15, 0.2) is 54.6 Å². The largest absolute Gasteiger partial charge is 0.374 e. The van der Waals surface area contributed by atoms with Gasteiger partial charge in [-0.15, -0.1) is 0 Å². The molecule has 0 saturated heterocycles. The van der Waals surface area contributed by atoms with Gasteiger partial charge in [0, 0.05) is 12.5 Å². The second-order valence-electron chi connectivity index (χ2n) is 5.86. The Morgan fingerprint density at radius 2 is 1.42 bits per heavy atom. The minimum Gasteiger partial charge on any atom is -0.374 e. The predicted molar refractivity (Wildman–Crippen MR) is 78.3 cm³/mol. The molecule has 0 N–H and O–H groups in total. The molecule has 0 aliphatic heterocycles. The molecule has 19 heavy (non-hydrogen) atoms. The van der Waals surface area contributed by atoms with Crippen LogP contribution in [0.4, 0.5) is 0 Å². The van der Waals surface area contributed by atoms with Gasteiger partial charge in [0.15, 0.2) is 0 Å². The highest BCUT2D eigenvalue weighted by Gasteiger charge is 2.48. The highest BCUT2D eigenvalue weighted by Crippen LogP contribution is 2.52. The van der Waals surface area contributed by atoms with E-state index in [1.807, 2.05) is 7.11 Å². The number of hydrogen-bond donors (Lipinski definition) is 0. The van der Waals surface area contributed by atoms with E-state index in [4.69, 9.17) is 4.74 Å². The van der Waals surface area contributed by atoms with Crippen LogP contribution in [0.3, 0.4) is 0 Å². The average Bonchev–Trinajstić information content (AvgIpc) is 2.71. The maximum atomic E-state index is 5.84. The van der Waals surface area contributed by atoms with E-state index in [2.05, 4.69) is 68.4 Å². The zero-order valence-corrected chi connectivity index (χ0v) is 11.8. The number of benzene rings is 2. The van der Waals surface area contributed by atoms with Gasteiger partial charge in [0.25, 0.3) is 0 Å². The van der Waals surface area contributed by atoms with Crippen molar-refractivity contribution in [3.05, 3.63) is 71.3 Å². The van der Waals surface area contributed by atoms with Crippen molar-refractivity contribution in [3.63, 3.8) is 0 Å². The molecular weight excluding hydrogens is 232 g/mol. The summed E-state index contributed by atoms with van der Waals surface area (Å²) in [6.07, 6.45) is 0.986. The van der Waals surface area contributed by atoms with Crippen LogP contribution >= 0.6 is 0 Å². The van der Waals surface area contributed by atoms with Crippen LogP contribution in [0, 0.1) is 0 Å². The van der Waals surface area contributed by atoms with Crippen LogP contribution in [0.5, 0.6) is 0 Å². The number of fused-ring (bicyclic) bond motifs is 1. The van der Waals surface area contributed by atoms with Crippen LogP contribution in [0.2, 0.25) is 0 Å². The van der Waals surface area contributed by atoms with Gasteiger partial charge in [-0.25, -0.2) is 0 Å². The zero-order valence-electron chi connectivity index (χ0n) is 11.8. The maximum absolute atomic E-state index is 5.84. The fourth-order valence-corrected chi connectivity index (χ4v) is 3.54. The van der Waals surface area contributed by atoms with Crippen molar-refractivity contribution in [2.45, 2.75) is 31.3 Å². The summed E-state index contributed by atoms with van der Waals surface area (Å²) >= 11 is 0. The van der Waals surface area contributed by atoms with Crippen molar-refractivity contribution in [3.8, 4) is 0 Å². The highest BCUT2D eigenvalue weighted by atomic mass is 16.5. The first-order valence-corrected chi connectivity index (χ1v) is 6.81. The Labute approximate surface area is 115 Å². The molecular formula is C18H20O. The van der Waals surface area contributed by atoms with E-state index in [1.165, 1.54) is 16.7 Å². The van der Waals surface area contributed by atoms with Gasteiger partial charge in [0.2, 0.25) is 0 Å². The molecule has 2 unspecified atom stereocenters. The van der Waals surface area contributed by atoms with Crippen LogP contribution in [0.1, 0.15) is 37.0 Å². The molecule has 0 amide bonds. The normalized spacial score (nSPS) is 29.2. The minimum atomic E-state index is -0.193. The van der Waals surface area contributed by atoms with Gasteiger partial charge in [0.05, 0.1) is 5.60 Å². The first-order valence-electron chi connectivity index (χ1n) is 6.81. The van der Waals surface area contributed by atoms with Crippen LogP contribution in [-0.4, -0.2) is 7.11 Å². The van der Waals surface area contributed by atoms with Gasteiger partial charge in [-0.3, -0.25) is 0 Å². The Balaban J connectivity index is 2.21. The summed E-state index contributed by atoms with van der Waals surface area (Å²) in [5.74, 6) is 0. The van der Waals surface area contributed by atoms with Crippen molar-refractivity contribution in [2.24, 2.45) is 0 Å². The fraction of sp³-hybridized carbons (Fsp3) is 0.333. The zero-order chi connectivity index (χ0) is 13.5. The molecule has 0 heterocycles. The van der Waals surface area contributed by atoms with E-state index < -0.39 is 0 Å².